The zero-order valence-corrected chi connectivity index (χ0v) is 14.2. The molecular weight excluding hydrogens is 312 g/mol. The van der Waals surface area contributed by atoms with Crippen LogP contribution in [0.5, 0.6) is 0 Å². The maximum atomic E-state index is 10.7. The molecule has 0 bridgehead atoms. The fraction of sp³-hybridized carbons (Fsp3) is 0.200. The molecular formula is C20H20N4O. The van der Waals surface area contributed by atoms with Gasteiger partial charge >= 0.3 is 0 Å². The van der Waals surface area contributed by atoms with Crippen LogP contribution in [-0.4, -0.2) is 24.5 Å². The van der Waals surface area contributed by atoms with E-state index in [-0.39, 0.29) is 6.04 Å². The SMILES string of the molecule is CC(C)C(c1ccc2nc(-c3ccccc3)n(O)c2c1)n1ccnc1. The molecule has 0 aliphatic heterocycles. The fourth-order valence-electron chi connectivity index (χ4n) is 3.37. The van der Waals surface area contributed by atoms with Gasteiger partial charge in [-0.15, -0.1) is 0 Å². The van der Waals surface area contributed by atoms with Gasteiger partial charge in [-0.05, 0) is 23.6 Å². The van der Waals surface area contributed by atoms with Crippen LogP contribution in [-0.2, 0) is 0 Å². The molecule has 25 heavy (non-hydrogen) atoms. The van der Waals surface area contributed by atoms with Gasteiger partial charge in [0.2, 0.25) is 0 Å². The highest BCUT2D eigenvalue weighted by atomic mass is 16.5. The third-order valence-electron chi connectivity index (χ3n) is 4.51. The molecule has 1 unspecified atom stereocenters. The summed E-state index contributed by atoms with van der Waals surface area (Å²) in [5, 5.41) is 10.7. The van der Waals surface area contributed by atoms with Crippen molar-refractivity contribution in [1.82, 2.24) is 19.3 Å². The number of nitrogens with zero attached hydrogens (tertiary/aromatic N) is 4. The van der Waals surface area contributed by atoms with E-state index in [0.717, 1.165) is 16.6 Å². The lowest BCUT2D eigenvalue weighted by Crippen LogP contribution is -2.15. The Morgan fingerprint density at radius 3 is 2.52 bits per heavy atom. The Kier molecular flexibility index (Phi) is 3.76. The van der Waals surface area contributed by atoms with E-state index in [2.05, 4.69) is 34.4 Å². The predicted octanol–water partition coefficient (Wildman–Crippen LogP) is 4.38. The van der Waals surface area contributed by atoms with Gasteiger partial charge in [0, 0.05) is 18.0 Å². The molecule has 0 radical (unpaired) electrons. The highest BCUT2D eigenvalue weighted by Gasteiger charge is 2.20. The van der Waals surface area contributed by atoms with E-state index in [1.54, 1.807) is 6.20 Å². The first-order chi connectivity index (χ1) is 12.1. The summed E-state index contributed by atoms with van der Waals surface area (Å²) in [5.41, 5.74) is 3.49. The third kappa shape index (κ3) is 2.67. The van der Waals surface area contributed by atoms with Crippen molar-refractivity contribution in [3.63, 3.8) is 0 Å². The van der Waals surface area contributed by atoms with E-state index in [0.29, 0.717) is 17.3 Å². The minimum absolute atomic E-state index is 0.155. The largest absolute Gasteiger partial charge is 0.426 e. The molecule has 0 fully saturated rings. The van der Waals surface area contributed by atoms with Crippen LogP contribution in [0.25, 0.3) is 22.4 Å². The molecule has 0 spiro atoms. The number of fused-ring (bicyclic) bond motifs is 1. The second-order valence-electron chi connectivity index (χ2n) is 6.56. The average molecular weight is 332 g/mol. The van der Waals surface area contributed by atoms with Crippen LogP contribution in [0.15, 0.2) is 67.3 Å². The van der Waals surface area contributed by atoms with Gasteiger partial charge < -0.3 is 9.77 Å². The smallest absolute Gasteiger partial charge is 0.176 e. The zero-order valence-electron chi connectivity index (χ0n) is 14.2. The van der Waals surface area contributed by atoms with Gasteiger partial charge in [-0.25, -0.2) is 9.97 Å². The molecule has 0 aliphatic rings. The third-order valence-corrected chi connectivity index (χ3v) is 4.51. The predicted molar refractivity (Wildman–Crippen MR) is 97.6 cm³/mol. The van der Waals surface area contributed by atoms with Gasteiger partial charge in [0.25, 0.3) is 0 Å². The van der Waals surface area contributed by atoms with Crippen molar-refractivity contribution in [1.29, 1.82) is 0 Å². The molecule has 2 aromatic carbocycles. The lowest BCUT2D eigenvalue weighted by Gasteiger charge is -2.23. The van der Waals surface area contributed by atoms with Gasteiger partial charge in [-0.2, -0.15) is 4.73 Å². The summed E-state index contributed by atoms with van der Waals surface area (Å²) in [5.74, 6) is 0.937. The molecule has 5 heteroatoms. The van der Waals surface area contributed by atoms with Gasteiger partial charge in [-0.1, -0.05) is 50.2 Å². The maximum absolute atomic E-state index is 10.7. The summed E-state index contributed by atoms with van der Waals surface area (Å²) in [4.78, 5) is 8.76. The normalized spacial score (nSPS) is 12.8. The molecule has 5 nitrogen and oxygen atoms in total. The molecule has 1 N–H and O–H groups in total. The summed E-state index contributed by atoms with van der Waals surface area (Å²) in [6, 6.07) is 15.9. The maximum Gasteiger partial charge on any atom is 0.176 e. The van der Waals surface area contributed by atoms with Gasteiger partial charge in [0.1, 0.15) is 5.52 Å². The number of benzene rings is 2. The molecule has 4 aromatic rings. The quantitative estimate of drug-likeness (QED) is 0.564. The van der Waals surface area contributed by atoms with Crippen LogP contribution < -0.4 is 0 Å². The molecule has 0 saturated carbocycles. The molecule has 0 amide bonds. The van der Waals surface area contributed by atoms with E-state index >= 15 is 0 Å². The first kappa shape index (κ1) is 15.4. The summed E-state index contributed by atoms with van der Waals surface area (Å²) in [7, 11) is 0. The Bertz CT molecular complexity index is 987. The van der Waals surface area contributed by atoms with E-state index in [1.165, 1.54) is 4.73 Å². The van der Waals surface area contributed by atoms with Crippen LogP contribution in [0.1, 0.15) is 25.5 Å². The minimum atomic E-state index is 0.155. The number of aromatic nitrogens is 4. The first-order valence-corrected chi connectivity index (χ1v) is 8.39. The minimum Gasteiger partial charge on any atom is -0.426 e. The zero-order chi connectivity index (χ0) is 17.4. The van der Waals surface area contributed by atoms with Crippen molar-refractivity contribution in [2.45, 2.75) is 19.9 Å². The van der Waals surface area contributed by atoms with Crippen molar-refractivity contribution in [2.75, 3.05) is 0 Å². The molecule has 4 rings (SSSR count). The van der Waals surface area contributed by atoms with Crippen LogP contribution in [0, 0.1) is 5.92 Å². The Hall–Kier alpha value is -3.08. The van der Waals surface area contributed by atoms with Crippen LogP contribution in [0.3, 0.4) is 0 Å². The summed E-state index contributed by atoms with van der Waals surface area (Å²) >= 11 is 0. The van der Waals surface area contributed by atoms with E-state index in [9.17, 15) is 5.21 Å². The van der Waals surface area contributed by atoms with Crippen molar-refractivity contribution < 1.29 is 5.21 Å². The topological polar surface area (TPSA) is 55.9 Å². The fourth-order valence-corrected chi connectivity index (χ4v) is 3.37. The Morgan fingerprint density at radius 2 is 1.84 bits per heavy atom. The molecule has 126 valence electrons. The van der Waals surface area contributed by atoms with Crippen LogP contribution in [0.2, 0.25) is 0 Å². The Labute approximate surface area is 146 Å². The number of rotatable bonds is 4. The number of imidazole rings is 2. The standard InChI is InChI=1S/C20H20N4O/c1-14(2)19(23-11-10-21-13-23)16-8-9-17-18(12-16)24(25)20(22-17)15-6-4-3-5-7-15/h3-14,19,25H,1-2H3. The van der Waals surface area contributed by atoms with Gasteiger partial charge in [0.15, 0.2) is 5.82 Å². The van der Waals surface area contributed by atoms with Gasteiger partial charge in [0.05, 0.1) is 17.9 Å². The summed E-state index contributed by atoms with van der Waals surface area (Å²) in [6.07, 6.45) is 5.60. The van der Waals surface area contributed by atoms with Crippen molar-refractivity contribution >= 4 is 11.0 Å². The van der Waals surface area contributed by atoms with Crippen LogP contribution >= 0.6 is 0 Å². The van der Waals surface area contributed by atoms with Crippen LogP contribution in [0.4, 0.5) is 0 Å². The lowest BCUT2D eigenvalue weighted by molar-refractivity contribution is 0.203. The van der Waals surface area contributed by atoms with Crippen molar-refractivity contribution in [3.8, 4) is 11.4 Å². The Balaban J connectivity index is 1.84. The monoisotopic (exact) mass is 332 g/mol. The molecule has 1 atom stereocenters. The lowest BCUT2D eigenvalue weighted by atomic mass is 9.95. The molecule has 0 aliphatic carbocycles. The van der Waals surface area contributed by atoms with E-state index in [1.807, 2.05) is 55.0 Å². The highest BCUT2D eigenvalue weighted by Crippen LogP contribution is 2.30. The summed E-state index contributed by atoms with van der Waals surface area (Å²) < 4.78 is 3.28. The number of hydrogen-bond donors (Lipinski definition) is 1. The second kappa shape index (κ2) is 6.09. The van der Waals surface area contributed by atoms with Crippen molar-refractivity contribution in [2.24, 2.45) is 5.92 Å². The molecule has 0 saturated heterocycles. The second-order valence-corrected chi connectivity index (χ2v) is 6.56. The summed E-state index contributed by atoms with van der Waals surface area (Å²) in [6.45, 7) is 4.36. The van der Waals surface area contributed by atoms with E-state index in [4.69, 9.17) is 0 Å². The van der Waals surface area contributed by atoms with E-state index < -0.39 is 0 Å². The Morgan fingerprint density at radius 1 is 1.04 bits per heavy atom. The average Bonchev–Trinajstić information content (AvgIpc) is 3.25. The first-order valence-electron chi connectivity index (χ1n) is 8.39. The van der Waals surface area contributed by atoms with Crippen molar-refractivity contribution in [3.05, 3.63) is 72.8 Å². The molecule has 2 heterocycles. The molecule has 2 aromatic heterocycles. The number of hydrogen-bond acceptors (Lipinski definition) is 3. The van der Waals surface area contributed by atoms with Gasteiger partial charge in [-0.3, -0.25) is 0 Å². The highest BCUT2D eigenvalue weighted by molar-refractivity contribution is 5.81.